The van der Waals surface area contributed by atoms with E-state index in [-0.39, 0.29) is 11.9 Å². The zero-order chi connectivity index (χ0) is 12.3. The molecule has 1 rings (SSSR count). The molecular weight excluding hydrogens is 224 g/mol. The van der Waals surface area contributed by atoms with Crippen LogP contribution in [0.5, 0.6) is 0 Å². The topological polar surface area (TPSA) is 55.6 Å². The van der Waals surface area contributed by atoms with E-state index in [0.29, 0.717) is 18.1 Å². The zero-order valence-corrected chi connectivity index (χ0v) is 11.0. The summed E-state index contributed by atoms with van der Waals surface area (Å²) in [5, 5.41) is 0. The molecule has 5 heteroatoms. The van der Waals surface area contributed by atoms with E-state index in [9.17, 15) is 4.79 Å². The summed E-state index contributed by atoms with van der Waals surface area (Å²) in [6.45, 7) is 5.13. The minimum atomic E-state index is -0.548. The summed E-state index contributed by atoms with van der Waals surface area (Å²) in [6.07, 6.45) is 1.58. The Morgan fingerprint density at radius 3 is 2.50 bits per heavy atom. The van der Waals surface area contributed by atoms with Crippen molar-refractivity contribution in [3.8, 4) is 0 Å². The van der Waals surface area contributed by atoms with Crippen LogP contribution < -0.4 is 5.73 Å². The van der Waals surface area contributed by atoms with Crippen LogP contribution in [0.15, 0.2) is 0 Å². The summed E-state index contributed by atoms with van der Waals surface area (Å²) in [5.41, 5.74) is 5.10. The van der Waals surface area contributed by atoms with Crippen molar-refractivity contribution in [1.29, 1.82) is 0 Å². The van der Waals surface area contributed by atoms with E-state index in [4.69, 9.17) is 22.7 Å². The highest BCUT2D eigenvalue weighted by atomic mass is 32.1. The van der Waals surface area contributed by atoms with Crippen LogP contribution in [0, 0.1) is 5.41 Å². The number of hydrogen-bond acceptors (Lipinski definition) is 3. The number of likely N-dealkylation sites (N-methyl/N-ethyl adjacent to an activating group) is 1. The van der Waals surface area contributed by atoms with Crippen LogP contribution in [0.2, 0.25) is 0 Å². The lowest BCUT2D eigenvalue weighted by atomic mass is 10.0. The van der Waals surface area contributed by atoms with Crippen molar-refractivity contribution in [1.82, 2.24) is 4.90 Å². The average molecular weight is 244 g/mol. The van der Waals surface area contributed by atoms with Gasteiger partial charge < -0.3 is 15.4 Å². The predicted molar refractivity (Wildman–Crippen MR) is 67.2 cm³/mol. The van der Waals surface area contributed by atoms with Crippen LogP contribution in [0.25, 0.3) is 0 Å². The van der Waals surface area contributed by atoms with Crippen LogP contribution in [-0.2, 0) is 9.53 Å². The van der Waals surface area contributed by atoms with E-state index in [1.807, 2.05) is 13.8 Å². The van der Waals surface area contributed by atoms with Crippen molar-refractivity contribution in [3.63, 3.8) is 0 Å². The van der Waals surface area contributed by atoms with Crippen LogP contribution >= 0.6 is 12.2 Å². The number of carbonyl (C=O) groups is 1. The third-order valence-corrected chi connectivity index (χ3v) is 3.56. The lowest BCUT2D eigenvalue weighted by Gasteiger charge is -2.31. The van der Waals surface area contributed by atoms with Crippen molar-refractivity contribution < 1.29 is 9.53 Å². The number of ether oxygens (including phenoxy) is 1. The molecule has 1 saturated carbocycles. The molecule has 2 N–H and O–H groups in total. The molecule has 0 aromatic carbocycles. The van der Waals surface area contributed by atoms with Crippen molar-refractivity contribution in [2.75, 3.05) is 20.3 Å². The molecule has 0 heterocycles. The number of amides is 1. The molecule has 0 saturated heterocycles. The summed E-state index contributed by atoms with van der Waals surface area (Å²) >= 11 is 4.99. The molecular formula is C11H20N2O2S. The zero-order valence-electron chi connectivity index (χ0n) is 10.2. The Hall–Kier alpha value is -0.680. The Kier molecular flexibility index (Phi) is 4.27. The summed E-state index contributed by atoms with van der Waals surface area (Å²) in [7, 11) is 1.63. The first-order valence-electron chi connectivity index (χ1n) is 5.59. The van der Waals surface area contributed by atoms with Gasteiger partial charge in [-0.2, -0.15) is 0 Å². The largest absolute Gasteiger partial charge is 0.392 e. The minimum Gasteiger partial charge on any atom is -0.392 e. The molecule has 0 spiro atoms. The highest BCUT2D eigenvalue weighted by Crippen LogP contribution is 2.47. The molecule has 1 amide bonds. The molecule has 1 unspecified atom stereocenters. The van der Waals surface area contributed by atoms with Crippen molar-refractivity contribution in [2.45, 2.75) is 32.7 Å². The Balaban J connectivity index is 2.74. The van der Waals surface area contributed by atoms with Gasteiger partial charge in [0.1, 0.15) is 0 Å². The molecule has 1 atom stereocenters. The number of thiocarbonyl (C=S) groups is 1. The fourth-order valence-electron chi connectivity index (χ4n) is 1.95. The number of rotatable bonds is 6. The van der Waals surface area contributed by atoms with Gasteiger partial charge in [-0.25, -0.2) is 0 Å². The second kappa shape index (κ2) is 5.10. The van der Waals surface area contributed by atoms with Gasteiger partial charge in [0.05, 0.1) is 23.1 Å². The first-order valence-corrected chi connectivity index (χ1v) is 6.00. The van der Waals surface area contributed by atoms with Gasteiger partial charge in [0.25, 0.3) is 0 Å². The SMILES string of the molecule is CCN(C(=O)C1(C(N)=S)CC1)C(C)COC. The quantitative estimate of drug-likeness (QED) is 0.706. The second-order valence-corrected chi connectivity index (χ2v) is 4.78. The Morgan fingerprint density at radius 2 is 2.19 bits per heavy atom. The third-order valence-electron chi connectivity index (χ3n) is 3.17. The van der Waals surface area contributed by atoms with Crippen LogP contribution in [0.1, 0.15) is 26.7 Å². The molecule has 92 valence electrons. The van der Waals surface area contributed by atoms with Gasteiger partial charge in [-0.15, -0.1) is 0 Å². The van der Waals surface area contributed by atoms with Crippen LogP contribution in [0.4, 0.5) is 0 Å². The summed E-state index contributed by atoms with van der Waals surface area (Å²) in [4.78, 5) is 14.5. The normalized spacial score (nSPS) is 18.9. The lowest BCUT2D eigenvalue weighted by Crippen LogP contribution is -2.48. The molecule has 1 aliphatic rings. The van der Waals surface area contributed by atoms with Crippen molar-refractivity contribution in [3.05, 3.63) is 0 Å². The van der Waals surface area contributed by atoms with Crippen LogP contribution in [0.3, 0.4) is 0 Å². The Labute approximate surface area is 102 Å². The predicted octanol–water partition coefficient (Wildman–Crippen LogP) is 0.936. The second-order valence-electron chi connectivity index (χ2n) is 4.34. The van der Waals surface area contributed by atoms with Gasteiger partial charge in [0.15, 0.2) is 0 Å². The van der Waals surface area contributed by atoms with Crippen molar-refractivity contribution in [2.24, 2.45) is 11.1 Å². The van der Waals surface area contributed by atoms with E-state index < -0.39 is 5.41 Å². The smallest absolute Gasteiger partial charge is 0.235 e. The maximum atomic E-state index is 12.3. The number of nitrogens with two attached hydrogens (primary N) is 1. The highest BCUT2D eigenvalue weighted by Gasteiger charge is 2.54. The number of carbonyl (C=O) groups excluding carboxylic acids is 1. The van der Waals surface area contributed by atoms with Gasteiger partial charge in [-0.1, -0.05) is 12.2 Å². The monoisotopic (exact) mass is 244 g/mol. The summed E-state index contributed by atoms with van der Waals surface area (Å²) in [5.74, 6) is 0.0621. The summed E-state index contributed by atoms with van der Waals surface area (Å²) in [6, 6.07) is 0.0642. The van der Waals surface area contributed by atoms with Gasteiger partial charge in [0, 0.05) is 13.7 Å². The molecule has 0 bridgehead atoms. The van der Waals surface area contributed by atoms with E-state index in [1.54, 1.807) is 12.0 Å². The van der Waals surface area contributed by atoms with E-state index in [1.165, 1.54) is 0 Å². The molecule has 4 nitrogen and oxygen atoms in total. The first-order chi connectivity index (χ1) is 7.49. The Morgan fingerprint density at radius 1 is 1.62 bits per heavy atom. The van der Waals surface area contributed by atoms with Gasteiger partial charge in [-0.3, -0.25) is 4.79 Å². The van der Waals surface area contributed by atoms with E-state index >= 15 is 0 Å². The lowest BCUT2D eigenvalue weighted by molar-refractivity contribution is -0.137. The first kappa shape index (κ1) is 13.4. The van der Waals surface area contributed by atoms with Gasteiger partial charge in [0.2, 0.25) is 5.91 Å². The number of methoxy groups -OCH3 is 1. The highest BCUT2D eigenvalue weighted by molar-refractivity contribution is 7.80. The number of nitrogens with zero attached hydrogens (tertiary/aromatic N) is 1. The van der Waals surface area contributed by atoms with E-state index in [0.717, 1.165) is 12.8 Å². The fraction of sp³-hybridized carbons (Fsp3) is 0.818. The molecule has 16 heavy (non-hydrogen) atoms. The minimum absolute atomic E-state index is 0.0621. The van der Waals surface area contributed by atoms with E-state index in [2.05, 4.69) is 0 Å². The third kappa shape index (κ3) is 2.35. The molecule has 0 radical (unpaired) electrons. The van der Waals surface area contributed by atoms with Gasteiger partial charge in [-0.05, 0) is 26.7 Å². The number of hydrogen-bond donors (Lipinski definition) is 1. The Bertz CT molecular complexity index is 290. The standard InChI is InChI=1S/C11H20N2O2S/c1-4-13(8(2)7-15-3)10(14)11(5-6-11)9(12)16/h8H,4-7H2,1-3H3,(H2,12,16). The van der Waals surface area contributed by atoms with Gasteiger partial charge >= 0.3 is 0 Å². The summed E-state index contributed by atoms with van der Waals surface area (Å²) < 4.78 is 5.07. The molecule has 1 fully saturated rings. The molecule has 0 aromatic rings. The van der Waals surface area contributed by atoms with Crippen LogP contribution in [-0.4, -0.2) is 42.1 Å². The fourth-order valence-corrected chi connectivity index (χ4v) is 2.24. The molecule has 0 aromatic heterocycles. The maximum absolute atomic E-state index is 12.3. The maximum Gasteiger partial charge on any atom is 0.235 e. The molecule has 0 aliphatic heterocycles. The molecule has 1 aliphatic carbocycles. The van der Waals surface area contributed by atoms with Crippen molar-refractivity contribution >= 4 is 23.1 Å². The average Bonchev–Trinajstić information content (AvgIpc) is 2.99.